The number of hydrogen-bond donors (Lipinski definition) is 2. The first-order chi connectivity index (χ1) is 13.5. The van der Waals surface area contributed by atoms with Crippen molar-refractivity contribution in [1.82, 2.24) is 15.5 Å². The molecule has 154 valence electrons. The number of nitrogens with one attached hydrogen (secondary N) is 2. The molecule has 2 aliphatic heterocycles. The molecular weight excluding hydrogens is 352 g/mol. The van der Waals surface area contributed by atoms with Gasteiger partial charge in [0.1, 0.15) is 0 Å². The van der Waals surface area contributed by atoms with Crippen molar-refractivity contribution in [1.29, 1.82) is 0 Å². The highest BCUT2D eigenvalue weighted by molar-refractivity contribution is 6.35. The molecule has 0 bridgehead atoms. The molecular formula is C22H34N4O2. The highest BCUT2D eigenvalue weighted by atomic mass is 16.2. The summed E-state index contributed by atoms with van der Waals surface area (Å²) in [5.74, 6) is -1.10. The Morgan fingerprint density at radius 3 is 2.50 bits per heavy atom. The first-order valence-electron chi connectivity index (χ1n) is 10.6. The van der Waals surface area contributed by atoms with Crippen LogP contribution >= 0.6 is 0 Å². The van der Waals surface area contributed by atoms with Gasteiger partial charge in [0.2, 0.25) is 0 Å². The lowest BCUT2D eigenvalue weighted by molar-refractivity contribution is -0.139. The summed E-state index contributed by atoms with van der Waals surface area (Å²) in [5, 5.41) is 5.53. The van der Waals surface area contributed by atoms with Crippen LogP contribution in [0.3, 0.4) is 0 Å². The van der Waals surface area contributed by atoms with Crippen molar-refractivity contribution in [3.63, 3.8) is 0 Å². The Labute approximate surface area is 168 Å². The van der Waals surface area contributed by atoms with E-state index in [1.54, 1.807) is 0 Å². The number of carbonyl (C=O) groups is 2. The number of aryl methyl sites for hydroxylation is 1. The van der Waals surface area contributed by atoms with Crippen LogP contribution in [-0.2, 0) is 16.0 Å². The SMILES string of the molecule is CC(C)NC(=O)C(=O)NC[C@@H](c1ccc2c(c1)CCCN2C)N1CCCCC1. The molecule has 1 aromatic carbocycles. The number of fused-ring (bicyclic) bond motifs is 1. The second kappa shape index (κ2) is 9.41. The molecule has 0 aliphatic carbocycles. The van der Waals surface area contributed by atoms with E-state index in [1.807, 2.05) is 13.8 Å². The van der Waals surface area contributed by atoms with Crippen LogP contribution in [0.1, 0.15) is 56.7 Å². The maximum Gasteiger partial charge on any atom is 0.309 e. The first-order valence-corrected chi connectivity index (χ1v) is 10.6. The van der Waals surface area contributed by atoms with Crippen molar-refractivity contribution in [3.8, 4) is 0 Å². The predicted molar refractivity (Wildman–Crippen MR) is 112 cm³/mol. The molecule has 2 amide bonds. The second-order valence-corrected chi connectivity index (χ2v) is 8.36. The van der Waals surface area contributed by atoms with Crippen molar-refractivity contribution in [3.05, 3.63) is 29.3 Å². The Kier molecular flexibility index (Phi) is 6.94. The monoisotopic (exact) mass is 386 g/mol. The lowest BCUT2D eigenvalue weighted by Crippen LogP contribution is -2.46. The maximum absolute atomic E-state index is 12.2. The minimum absolute atomic E-state index is 0.0474. The third kappa shape index (κ3) is 5.04. The number of benzene rings is 1. The largest absolute Gasteiger partial charge is 0.374 e. The number of hydrogen-bond acceptors (Lipinski definition) is 4. The Balaban J connectivity index is 1.76. The number of carbonyl (C=O) groups excluding carboxylic acids is 2. The highest BCUT2D eigenvalue weighted by Crippen LogP contribution is 2.31. The molecule has 0 saturated carbocycles. The molecule has 1 saturated heterocycles. The van der Waals surface area contributed by atoms with Gasteiger partial charge in [0.05, 0.1) is 6.04 Å². The Bertz CT molecular complexity index is 698. The molecule has 0 unspecified atom stereocenters. The van der Waals surface area contributed by atoms with E-state index in [1.165, 1.54) is 42.5 Å². The molecule has 0 aromatic heterocycles. The van der Waals surface area contributed by atoms with Crippen LogP contribution in [0, 0.1) is 0 Å². The van der Waals surface area contributed by atoms with Crippen molar-refractivity contribution < 1.29 is 9.59 Å². The maximum atomic E-state index is 12.2. The van der Waals surface area contributed by atoms with Crippen molar-refractivity contribution in [2.45, 2.75) is 58.0 Å². The summed E-state index contributed by atoms with van der Waals surface area (Å²) in [7, 11) is 2.15. The normalized spacial score (nSPS) is 18.5. The second-order valence-electron chi connectivity index (χ2n) is 8.36. The molecule has 0 spiro atoms. The van der Waals surface area contributed by atoms with E-state index < -0.39 is 11.8 Å². The van der Waals surface area contributed by atoms with Crippen LogP contribution in [0.5, 0.6) is 0 Å². The molecule has 6 heteroatoms. The van der Waals surface area contributed by atoms with E-state index in [9.17, 15) is 9.59 Å². The molecule has 2 aliphatic rings. The molecule has 1 aromatic rings. The van der Waals surface area contributed by atoms with E-state index in [0.29, 0.717) is 6.54 Å². The third-order valence-corrected chi connectivity index (χ3v) is 5.75. The minimum atomic E-state index is -0.556. The number of piperidine rings is 1. The van der Waals surface area contributed by atoms with Gasteiger partial charge in [-0.15, -0.1) is 0 Å². The Morgan fingerprint density at radius 1 is 1.04 bits per heavy atom. The number of rotatable bonds is 5. The van der Waals surface area contributed by atoms with Gasteiger partial charge in [0.15, 0.2) is 0 Å². The van der Waals surface area contributed by atoms with Crippen LogP contribution in [0.4, 0.5) is 5.69 Å². The molecule has 1 fully saturated rings. The Hall–Kier alpha value is -2.08. The molecule has 3 rings (SSSR count). The van der Waals surface area contributed by atoms with Crippen molar-refractivity contribution >= 4 is 17.5 Å². The Morgan fingerprint density at radius 2 is 1.79 bits per heavy atom. The summed E-state index contributed by atoms with van der Waals surface area (Å²) >= 11 is 0. The fraction of sp³-hybridized carbons (Fsp3) is 0.636. The number of anilines is 1. The van der Waals surface area contributed by atoms with Crippen molar-refractivity contribution in [2.75, 3.05) is 38.1 Å². The van der Waals surface area contributed by atoms with Gasteiger partial charge in [0.25, 0.3) is 0 Å². The fourth-order valence-corrected chi connectivity index (χ4v) is 4.30. The van der Waals surface area contributed by atoms with Crippen LogP contribution in [0.2, 0.25) is 0 Å². The first kappa shape index (κ1) is 20.6. The van der Waals surface area contributed by atoms with Crippen LogP contribution in [0.25, 0.3) is 0 Å². The van der Waals surface area contributed by atoms with E-state index in [0.717, 1.165) is 26.1 Å². The van der Waals surface area contributed by atoms with Gasteiger partial charge in [-0.2, -0.15) is 0 Å². The van der Waals surface area contributed by atoms with Gasteiger partial charge in [-0.25, -0.2) is 0 Å². The smallest absolute Gasteiger partial charge is 0.309 e. The summed E-state index contributed by atoms with van der Waals surface area (Å²) in [4.78, 5) is 29.0. The van der Waals surface area contributed by atoms with E-state index in [4.69, 9.17) is 0 Å². The van der Waals surface area contributed by atoms with Crippen LogP contribution < -0.4 is 15.5 Å². The molecule has 1 atom stereocenters. The summed E-state index contributed by atoms with van der Waals surface area (Å²) in [6.07, 6.45) is 5.91. The zero-order valence-electron chi connectivity index (χ0n) is 17.5. The third-order valence-electron chi connectivity index (χ3n) is 5.75. The van der Waals surface area contributed by atoms with Gasteiger partial charge in [-0.05, 0) is 69.8 Å². The quantitative estimate of drug-likeness (QED) is 0.762. The predicted octanol–water partition coefficient (Wildman–Crippen LogP) is 2.24. The summed E-state index contributed by atoms with van der Waals surface area (Å²) in [6.45, 7) is 7.34. The fourth-order valence-electron chi connectivity index (χ4n) is 4.30. The van der Waals surface area contributed by atoms with Crippen LogP contribution in [0.15, 0.2) is 18.2 Å². The molecule has 2 N–H and O–H groups in total. The lowest BCUT2D eigenvalue weighted by Gasteiger charge is -2.36. The van der Waals surface area contributed by atoms with Gasteiger partial charge in [-0.3, -0.25) is 14.5 Å². The topological polar surface area (TPSA) is 64.7 Å². The molecule has 28 heavy (non-hydrogen) atoms. The average molecular weight is 387 g/mol. The number of likely N-dealkylation sites (tertiary alicyclic amines) is 1. The summed E-state index contributed by atoms with van der Waals surface area (Å²) in [5.41, 5.74) is 3.94. The number of amides is 2. The van der Waals surface area contributed by atoms with E-state index in [2.05, 4.69) is 45.7 Å². The van der Waals surface area contributed by atoms with Crippen molar-refractivity contribution in [2.24, 2.45) is 0 Å². The summed E-state index contributed by atoms with van der Waals surface area (Å²) in [6, 6.07) is 6.78. The van der Waals surface area contributed by atoms with E-state index >= 15 is 0 Å². The van der Waals surface area contributed by atoms with Crippen LogP contribution in [-0.4, -0.2) is 56.0 Å². The molecule has 0 radical (unpaired) electrons. The van der Waals surface area contributed by atoms with Gasteiger partial charge in [-0.1, -0.05) is 18.6 Å². The highest BCUT2D eigenvalue weighted by Gasteiger charge is 2.25. The van der Waals surface area contributed by atoms with E-state index in [-0.39, 0.29) is 12.1 Å². The number of nitrogens with zero attached hydrogens (tertiary/aromatic N) is 2. The van der Waals surface area contributed by atoms with Gasteiger partial charge in [0, 0.05) is 31.9 Å². The minimum Gasteiger partial charge on any atom is -0.374 e. The zero-order valence-corrected chi connectivity index (χ0v) is 17.5. The average Bonchev–Trinajstić information content (AvgIpc) is 2.68. The standard InChI is InChI=1S/C22H34N4O2/c1-16(2)24-22(28)21(27)23-15-20(26-12-5-4-6-13-26)18-9-10-19-17(14-18)8-7-11-25(19)3/h9-10,14,16,20H,4-8,11-13,15H2,1-3H3,(H,23,27)(H,24,28)/t20-/m0/s1. The summed E-state index contributed by atoms with van der Waals surface area (Å²) < 4.78 is 0. The molecule has 2 heterocycles. The van der Waals surface area contributed by atoms with Gasteiger partial charge >= 0.3 is 11.8 Å². The van der Waals surface area contributed by atoms with Gasteiger partial charge < -0.3 is 15.5 Å². The molecule has 6 nitrogen and oxygen atoms in total. The zero-order chi connectivity index (χ0) is 20.1. The lowest BCUT2D eigenvalue weighted by atomic mass is 9.95.